The summed E-state index contributed by atoms with van der Waals surface area (Å²) < 4.78 is 26.9. The molecule has 114 valence electrons. The molecular weight excluding hydrogens is 330 g/mol. The second-order valence-corrected chi connectivity index (χ2v) is 7.23. The molecule has 0 aliphatic heterocycles. The molecule has 2 rings (SSSR count). The van der Waals surface area contributed by atoms with Crippen molar-refractivity contribution in [3.05, 3.63) is 45.4 Å². The van der Waals surface area contributed by atoms with Crippen molar-refractivity contribution in [3.8, 4) is 0 Å². The number of halogens is 1. The molecule has 0 saturated carbocycles. The van der Waals surface area contributed by atoms with Gasteiger partial charge in [0.25, 0.3) is 0 Å². The van der Waals surface area contributed by atoms with Crippen molar-refractivity contribution in [2.24, 2.45) is 0 Å². The van der Waals surface area contributed by atoms with Gasteiger partial charge in [0.15, 0.2) is 0 Å². The fourth-order valence-electron chi connectivity index (χ4n) is 1.68. The highest BCUT2D eigenvalue weighted by Gasteiger charge is 2.15. The van der Waals surface area contributed by atoms with Crippen molar-refractivity contribution in [2.75, 3.05) is 6.54 Å². The molecule has 0 aliphatic rings. The molecule has 0 fully saturated rings. The quantitative estimate of drug-likeness (QED) is 0.808. The van der Waals surface area contributed by atoms with E-state index < -0.39 is 10.0 Å². The van der Waals surface area contributed by atoms with E-state index in [1.165, 1.54) is 17.4 Å². The van der Waals surface area contributed by atoms with Crippen LogP contribution in [-0.4, -0.2) is 19.9 Å². The van der Waals surface area contributed by atoms with E-state index in [0.717, 1.165) is 12.1 Å². The predicted molar refractivity (Wildman–Crippen MR) is 85.0 cm³/mol. The molecule has 8 heteroatoms. The Balaban J connectivity index is 2.10. The standard InChI is InChI=1S/C13H16ClN3O2S2/c1-2-15-6-10-3-4-12(5-13(10)14)21(18,19)17-7-11-8-20-9-16-11/h3-5,8-9,15,17H,2,6-7H2,1H3. The number of rotatable bonds is 7. The first kappa shape index (κ1) is 16.4. The molecular formula is C13H16ClN3O2S2. The zero-order chi connectivity index (χ0) is 15.3. The van der Waals surface area contributed by atoms with Crippen molar-refractivity contribution in [2.45, 2.75) is 24.9 Å². The minimum Gasteiger partial charge on any atom is -0.313 e. The number of benzene rings is 1. The van der Waals surface area contributed by atoms with Crippen LogP contribution >= 0.6 is 22.9 Å². The van der Waals surface area contributed by atoms with Crippen LogP contribution in [-0.2, 0) is 23.1 Å². The third-order valence-corrected chi connectivity index (χ3v) is 5.21. The number of nitrogens with zero attached hydrogens (tertiary/aromatic N) is 1. The highest BCUT2D eigenvalue weighted by atomic mass is 35.5. The highest BCUT2D eigenvalue weighted by Crippen LogP contribution is 2.21. The molecule has 2 aromatic rings. The SMILES string of the molecule is CCNCc1ccc(S(=O)(=O)NCc2cscn2)cc1Cl. The molecule has 0 saturated heterocycles. The molecule has 1 aromatic heterocycles. The molecule has 21 heavy (non-hydrogen) atoms. The van der Waals surface area contributed by atoms with Gasteiger partial charge in [-0.15, -0.1) is 11.3 Å². The van der Waals surface area contributed by atoms with E-state index in [-0.39, 0.29) is 11.4 Å². The lowest BCUT2D eigenvalue weighted by atomic mass is 10.2. The molecule has 0 radical (unpaired) electrons. The van der Waals surface area contributed by atoms with E-state index in [2.05, 4.69) is 15.0 Å². The maximum atomic E-state index is 12.2. The molecule has 0 unspecified atom stereocenters. The molecule has 0 amide bonds. The van der Waals surface area contributed by atoms with Gasteiger partial charge >= 0.3 is 0 Å². The Hall–Kier alpha value is -0.990. The normalized spacial score (nSPS) is 11.7. The summed E-state index contributed by atoms with van der Waals surface area (Å²) in [5, 5.41) is 5.39. The summed E-state index contributed by atoms with van der Waals surface area (Å²) in [6.07, 6.45) is 0. The van der Waals surface area contributed by atoms with E-state index in [1.807, 2.05) is 6.92 Å². The largest absolute Gasteiger partial charge is 0.313 e. The van der Waals surface area contributed by atoms with Gasteiger partial charge in [-0.3, -0.25) is 0 Å². The zero-order valence-corrected chi connectivity index (χ0v) is 13.9. The Morgan fingerprint density at radius 2 is 2.14 bits per heavy atom. The molecule has 0 atom stereocenters. The van der Waals surface area contributed by atoms with Gasteiger partial charge in [-0.25, -0.2) is 18.1 Å². The molecule has 0 aliphatic carbocycles. The zero-order valence-electron chi connectivity index (χ0n) is 11.5. The predicted octanol–water partition coefficient (Wildman–Crippen LogP) is 2.38. The monoisotopic (exact) mass is 345 g/mol. The number of thiazole rings is 1. The van der Waals surface area contributed by atoms with Crippen molar-refractivity contribution < 1.29 is 8.42 Å². The molecule has 1 heterocycles. The smallest absolute Gasteiger partial charge is 0.240 e. The second kappa shape index (κ2) is 7.33. The molecule has 0 spiro atoms. The second-order valence-electron chi connectivity index (χ2n) is 4.34. The molecule has 1 aromatic carbocycles. The number of hydrogen-bond donors (Lipinski definition) is 2. The van der Waals surface area contributed by atoms with Crippen LogP contribution in [0, 0.1) is 0 Å². The topological polar surface area (TPSA) is 71.1 Å². The van der Waals surface area contributed by atoms with Crippen LogP contribution in [0.3, 0.4) is 0 Å². The van der Waals surface area contributed by atoms with Crippen LogP contribution in [0.25, 0.3) is 0 Å². The summed E-state index contributed by atoms with van der Waals surface area (Å²) in [7, 11) is -3.59. The van der Waals surface area contributed by atoms with Crippen LogP contribution in [0.1, 0.15) is 18.2 Å². The lowest BCUT2D eigenvalue weighted by Crippen LogP contribution is -2.23. The van der Waals surface area contributed by atoms with E-state index in [4.69, 9.17) is 11.6 Å². The van der Waals surface area contributed by atoms with Crippen LogP contribution in [0.5, 0.6) is 0 Å². The number of hydrogen-bond acceptors (Lipinski definition) is 5. The van der Waals surface area contributed by atoms with Crippen molar-refractivity contribution in [3.63, 3.8) is 0 Å². The van der Waals surface area contributed by atoms with Gasteiger partial charge in [0.05, 0.1) is 22.6 Å². The molecule has 0 bridgehead atoms. The van der Waals surface area contributed by atoms with Gasteiger partial charge in [-0.1, -0.05) is 24.6 Å². The minimum atomic E-state index is -3.59. The maximum Gasteiger partial charge on any atom is 0.240 e. The van der Waals surface area contributed by atoms with E-state index >= 15 is 0 Å². The summed E-state index contributed by atoms with van der Waals surface area (Å²) in [4.78, 5) is 4.19. The molecule has 2 N–H and O–H groups in total. The Morgan fingerprint density at radius 3 is 2.76 bits per heavy atom. The number of sulfonamides is 1. The van der Waals surface area contributed by atoms with Crippen molar-refractivity contribution >= 4 is 33.0 Å². The summed E-state index contributed by atoms with van der Waals surface area (Å²) >= 11 is 7.55. The lowest BCUT2D eigenvalue weighted by molar-refractivity contribution is 0.580. The van der Waals surface area contributed by atoms with Crippen LogP contribution in [0.15, 0.2) is 34.0 Å². The molecule has 5 nitrogen and oxygen atoms in total. The van der Waals surface area contributed by atoms with E-state index in [0.29, 0.717) is 17.3 Å². The summed E-state index contributed by atoms with van der Waals surface area (Å²) in [5.41, 5.74) is 3.23. The van der Waals surface area contributed by atoms with E-state index in [1.54, 1.807) is 23.0 Å². The summed E-state index contributed by atoms with van der Waals surface area (Å²) in [5.74, 6) is 0. The Kier molecular flexibility index (Phi) is 5.72. The fourth-order valence-corrected chi connectivity index (χ4v) is 3.57. The average molecular weight is 346 g/mol. The number of aromatic nitrogens is 1. The van der Waals surface area contributed by atoms with Gasteiger partial charge in [0.1, 0.15) is 0 Å². The first-order chi connectivity index (χ1) is 10.0. The van der Waals surface area contributed by atoms with Gasteiger partial charge in [-0.05, 0) is 24.2 Å². The highest BCUT2D eigenvalue weighted by molar-refractivity contribution is 7.89. The van der Waals surface area contributed by atoms with Crippen LogP contribution in [0.4, 0.5) is 0 Å². The van der Waals surface area contributed by atoms with Gasteiger partial charge < -0.3 is 5.32 Å². The maximum absolute atomic E-state index is 12.2. The first-order valence-electron chi connectivity index (χ1n) is 6.39. The summed E-state index contributed by atoms with van der Waals surface area (Å²) in [6, 6.07) is 4.75. The average Bonchev–Trinajstić information content (AvgIpc) is 2.97. The Labute approximate surface area is 133 Å². The Morgan fingerprint density at radius 1 is 1.33 bits per heavy atom. The van der Waals surface area contributed by atoms with E-state index in [9.17, 15) is 8.42 Å². The fraction of sp³-hybridized carbons (Fsp3) is 0.308. The van der Waals surface area contributed by atoms with Crippen LogP contribution in [0.2, 0.25) is 5.02 Å². The Bertz CT molecular complexity index is 687. The lowest BCUT2D eigenvalue weighted by Gasteiger charge is -2.09. The summed E-state index contributed by atoms with van der Waals surface area (Å²) in [6.45, 7) is 3.60. The van der Waals surface area contributed by atoms with Crippen molar-refractivity contribution in [1.82, 2.24) is 15.0 Å². The van der Waals surface area contributed by atoms with Gasteiger partial charge in [0, 0.05) is 16.9 Å². The minimum absolute atomic E-state index is 0.156. The number of nitrogens with one attached hydrogen (secondary N) is 2. The van der Waals surface area contributed by atoms with Crippen molar-refractivity contribution in [1.29, 1.82) is 0 Å². The third-order valence-electron chi connectivity index (χ3n) is 2.83. The van der Waals surface area contributed by atoms with Gasteiger partial charge in [0.2, 0.25) is 10.0 Å². The first-order valence-corrected chi connectivity index (χ1v) is 9.19. The van der Waals surface area contributed by atoms with Crippen LogP contribution < -0.4 is 10.0 Å². The van der Waals surface area contributed by atoms with Gasteiger partial charge in [-0.2, -0.15) is 0 Å². The third kappa shape index (κ3) is 4.49.